The van der Waals surface area contributed by atoms with Gasteiger partial charge >= 0.3 is 5.97 Å². The Morgan fingerprint density at radius 1 is 0.762 bits per heavy atom. The van der Waals surface area contributed by atoms with Gasteiger partial charge < -0.3 is 10.2 Å². The van der Waals surface area contributed by atoms with Gasteiger partial charge in [-0.3, -0.25) is 4.79 Å². The molecule has 1 rings (SSSR count). The number of phenols is 1. The number of benzene rings is 1. The van der Waals surface area contributed by atoms with Gasteiger partial charge in [-0.15, -0.1) is 0 Å². The van der Waals surface area contributed by atoms with Gasteiger partial charge in [0.1, 0.15) is 5.75 Å². The van der Waals surface area contributed by atoms with E-state index < -0.39 is 5.97 Å². The number of aliphatic carboxylic acids is 1. The van der Waals surface area contributed by atoms with Crippen molar-refractivity contribution in [1.29, 1.82) is 0 Å². The number of carbonyl (C=O) groups is 1. The summed E-state index contributed by atoms with van der Waals surface area (Å²) in [7, 11) is 0. The van der Waals surface area contributed by atoms with Crippen LogP contribution in [0.3, 0.4) is 0 Å². The second-order valence-corrected chi connectivity index (χ2v) is 5.74. The van der Waals surface area contributed by atoms with Crippen molar-refractivity contribution in [2.75, 3.05) is 0 Å². The van der Waals surface area contributed by atoms with Gasteiger partial charge in [0.2, 0.25) is 0 Å². The monoisotopic (exact) mass is 292 g/mol. The number of carboxylic acid groups (broad SMARTS) is 1. The molecule has 0 saturated heterocycles. The summed E-state index contributed by atoms with van der Waals surface area (Å²) in [6, 6.07) is 7.48. The Labute approximate surface area is 128 Å². The van der Waals surface area contributed by atoms with Crippen molar-refractivity contribution < 1.29 is 15.0 Å². The first-order valence-electron chi connectivity index (χ1n) is 8.18. The summed E-state index contributed by atoms with van der Waals surface area (Å²) in [5.74, 6) is -0.342. The zero-order chi connectivity index (χ0) is 15.3. The molecule has 3 heteroatoms. The van der Waals surface area contributed by atoms with Crippen LogP contribution < -0.4 is 0 Å². The maximum absolute atomic E-state index is 10.3. The molecule has 0 bridgehead atoms. The second kappa shape index (κ2) is 11.2. The Bertz CT molecular complexity index is 384. The molecule has 0 aromatic heterocycles. The van der Waals surface area contributed by atoms with Crippen LogP contribution in [0.5, 0.6) is 5.75 Å². The first-order chi connectivity index (χ1) is 10.2. The maximum atomic E-state index is 10.3. The lowest BCUT2D eigenvalue weighted by molar-refractivity contribution is -0.137. The fourth-order valence-corrected chi connectivity index (χ4v) is 2.51. The standard InChI is InChI=1S/C18H28O3/c19-17-14-12-16(13-15-17)10-8-6-4-2-1-3-5-7-9-11-18(20)21/h12-15,19H,1-11H2,(H,20,21). The van der Waals surface area contributed by atoms with E-state index in [0.29, 0.717) is 12.2 Å². The number of aromatic hydroxyl groups is 1. The maximum Gasteiger partial charge on any atom is 0.303 e. The second-order valence-electron chi connectivity index (χ2n) is 5.74. The molecule has 1 aromatic rings. The Morgan fingerprint density at radius 3 is 1.76 bits per heavy atom. The largest absolute Gasteiger partial charge is 0.508 e. The van der Waals surface area contributed by atoms with E-state index in [1.165, 1.54) is 50.5 Å². The highest BCUT2D eigenvalue weighted by Gasteiger charge is 1.97. The Morgan fingerprint density at radius 2 is 1.24 bits per heavy atom. The number of hydrogen-bond donors (Lipinski definition) is 2. The molecule has 118 valence electrons. The summed E-state index contributed by atoms with van der Waals surface area (Å²) in [5.41, 5.74) is 1.30. The van der Waals surface area contributed by atoms with Crippen molar-refractivity contribution in [3.8, 4) is 5.75 Å². The van der Waals surface area contributed by atoms with Crippen LogP contribution in [0, 0.1) is 0 Å². The summed E-state index contributed by atoms with van der Waals surface area (Å²) in [4.78, 5) is 10.3. The third-order valence-corrected chi connectivity index (χ3v) is 3.79. The minimum Gasteiger partial charge on any atom is -0.508 e. The molecule has 0 aliphatic carbocycles. The molecule has 0 atom stereocenters. The third kappa shape index (κ3) is 9.94. The van der Waals surface area contributed by atoms with E-state index in [4.69, 9.17) is 5.11 Å². The average Bonchev–Trinajstić information content (AvgIpc) is 2.46. The molecule has 1 aromatic carbocycles. The van der Waals surface area contributed by atoms with Gasteiger partial charge in [-0.2, -0.15) is 0 Å². The van der Waals surface area contributed by atoms with Gasteiger partial charge in [-0.05, 0) is 37.0 Å². The fourth-order valence-electron chi connectivity index (χ4n) is 2.51. The van der Waals surface area contributed by atoms with Gasteiger partial charge in [0.15, 0.2) is 0 Å². The van der Waals surface area contributed by atoms with Crippen molar-refractivity contribution >= 4 is 5.97 Å². The summed E-state index contributed by atoms with van der Waals surface area (Å²) in [5, 5.41) is 17.7. The SMILES string of the molecule is O=C(O)CCCCCCCCCCCc1ccc(O)cc1. The quantitative estimate of drug-likeness (QED) is 0.537. The molecule has 0 amide bonds. The van der Waals surface area contributed by atoms with Crippen LogP contribution >= 0.6 is 0 Å². The Kier molecular flexibility index (Phi) is 9.34. The van der Waals surface area contributed by atoms with Crippen LogP contribution in [-0.2, 0) is 11.2 Å². The average molecular weight is 292 g/mol. The number of unbranched alkanes of at least 4 members (excludes halogenated alkanes) is 8. The van der Waals surface area contributed by atoms with Crippen LogP contribution in [0.4, 0.5) is 0 Å². The minimum absolute atomic E-state index is 0.317. The zero-order valence-corrected chi connectivity index (χ0v) is 12.9. The predicted octanol–water partition coefficient (Wildman–Crippen LogP) is 4.92. The topological polar surface area (TPSA) is 57.5 Å². The molecule has 0 radical (unpaired) electrons. The molecule has 21 heavy (non-hydrogen) atoms. The normalized spacial score (nSPS) is 10.7. The summed E-state index contributed by atoms with van der Waals surface area (Å²) in [6.45, 7) is 0. The number of aryl methyl sites for hydroxylation is 1. The smallest absolute Gasteiger partial charge is 0.303 e. The Hall–Kier alpha value is -1.51. The first kappa shape index (κ1) is 17.5. The lowest BCUT2D eigenvalue weighted by Gasteiger charge is -2.03. The molecule has 0 saturated carbocycles. The van der Waals surface area contributed by atoms with E-state index in [2.05, 4.69) is 0 Å². The molecule has 0 aliphatic heterocycles. The van der Waals surface area contributed by atoms with Crippen molar-refractivity contribution in [3.63, 3.8) is 0 Å². The molecule has 2 N–H and O–H groups in total. The number of rotatable bonds is 12. The van der Waals surface area contributed by atoms with E-state index in [1.54, 1.807) is 12.1 Å². The summed E-state index contributed by atoms with van der Waals surface area (Å²) in [6.07, 6.45) is 12.0. The molecule has 0 fully saturated rings. The van der Waals surface area contributed by atoms with Gasteiger partial charge in [0.25, 0.3) is 0 Å². The van der Waals surface area contributed by atoms with Crippen LogP contribution in [0.2, 0.25) is 0 Å². The minimum atomic E-state index is -0.677. The van der Waals surface area contributed by atoms with E-state index in [9.17, 15) is 9.90 Å². The van der Waals surface area contributed by atoms with Crippen molar-refractivity contribution in [2.24, 2.45) is 0 Å². The van der Waals surface area contributed by atoms with Gasteiger partial charge in [-0.1, -0.05) is 57.1 Å². The van der Waals surface area contributed by atoms with Gasteiger partial charge in [0, 0.05) is 6.42 Å². The van der Waals surface area contributed by atoms with Crippen LogP contribution in [0.25, 0.3) is 0 Å². The van der Waals surface area contributed by atoms with Crippen LogP contribution in [-0.4, -0.2) is 16.2 Å². The molecule has 0 unspecified atom stereocenters. The number of hydrogen-bond acceptors (Lipinski definition) is 2. The number of phenolic OH excluding ortho intramolecular Hbond substituents is 1. The predicted molar refractivity (Wildman–Crippen MR) is 85.6 cm³/mol. The zero-order valence-electron chi connectivity index (χ0n) is 12.9. The highest BCUT2D eigenvalue weighted by Crippen LogP contribution is 2.14. The highest BCUT2D eigenvalue weighted by molar-refractivity contribution is 5.66. The van der Waals surface area contributed by atoms with E-state index >= 15 is 0 Å². The Balaban J connectivity index is 1.84. The molecule has 0 heterocycles. The number of carboxylic acids is 1. The van der Waals surface area contributed by atoms with Crippen molar-refractivity contribution in [2.45, 2.75) is 70.6 Å². The van der Waals surface area contributed by atoms with Crippen molar-refractivity contribution in [1.82, 2.24) is 0 Å². The molecular weight excluding hydrogens is 264 g/mol. The van der Waals surface area contributed by atoms with E-state index in [-0.39, 0.29) is 0 Å². The van der Waals surface area contributed by atoms with Gasteiger partial charge in [-0.25, -0.2) is 0 Å². The molecular formula is C18H28O3. The molecule has 0 aliphatic rings. The van der Waals surface area contributed by atoms with Crippen molar-refractivity contribution in [3.05, 3.63) is 29.8 Å². The summed E-state index contributed by atoms with van der Waals surface area (Å²) >= 11 is 0. The summed E-state index contributed by atoms with van der Waals surface area (Å²) < 4.78 is 0. The van der Waals surface area contributed by atoms with Crippen LogP contribution in [0.15, 0.2) is 24.3 Å². The fraction of sp³-hybridized carbons (Fsp3) is 0.611. The first-order valence-corrected chi connectivity index (χ1v) is 8.18. The third-order valence-electron chi connectivity index (χ3n) is 3.79. The van der Waals surface area contributed by atoms with E-state index in [1.807, 2.05) is 12.1 Å². The lowest BCUT2D eigenvalue weighted by Crippen LogP contribution is -1.93. The van der Waals surface area contributed by atoms with E-state index in [0.717, 1.165) is 19.3 Å². The highest BCUT2D eigenvalue weighted by atomic mass is 16.4. The lowest BCUT2D eigenvalue weighted by atomic mass is 10.0. The van der Waals surface area contributed by atoms with Crippen LogP contribution in [0.1, 0.15) is 69.8 Å². The molecule has 0 spiro atoms. The molecule has 3 nitrogen and oxygen atoms in total. The van der Waals surface area contributed by atoms with Gasteiger partial charge in [0.05, 0.1) is 0 Å².